The average molecular weight is 357 g/mol. The second-order valence-corrected chi connectivity index (χ2v) is 7.91. The third kappa shape index (κ3) is 3.39. The molecule has 2 saturated heterocycles. The van der Waals surface area contributed by atoms with Gasteiger partial charge < -0.3 is 15.1 Å². The maximum atomic E-state index is 12.9. The lowest BCUT2D eigenvalue weighted by molar-refractivity contribution is -0.139. The molecule has 7 heteroatoms. The molecule has 1 saturated carbocycles. The Morgan fingerprint density at radius 2 is 2.04 bits per heavy atom. The molecule has 3 aliphatic rings. The van der Waals surface area contributed by atoms with Crippen molar-refractivity contribution >= 4 is 17.8 Å². The summed E-state index contributed by atoms with van der Waals surface area (Å²) >= 11 is 0. The fourth-order valence-corrected chi connectivity index (χ4v) is 4.35. The van der Waals surface area contributed by atoms with E-state index in [0.29, 0.717) is 29.9 Å². The highest BCUT2D eigenvalue weighted by Gasteiger charge is 2.46. The van der Waals surface area contributed by atoms with Crippen LogP contribution in [0, 0.1) is 5.41 Å². The van der Waals surface area contributed by atoms with Gasteiger partial charge in [-0.15, -0.1) is 0 Å². The molecule has 0 aromatic carbocycles. The van der Waals surface area contributed by atoms with Gasteiger partial charge in [-0.1, -0.05) is 0 Å². The number of carbonyl (C=O) groups excluding carboxylic acids is 2. The Kier molecular flexibility index (Phi) is 4.54. The Hall–Kier alpha value is -2.18. The van der Waals surface area contributed by atoms with Crippen molar-refractivity contribution in [2.24, 2.45) is 5.41 Å². The summed E-state index contributed by atoms with van der Waals surface area (Å²) in [7, 11) is 0. The van der Waals surface area contributed by atoms with Gasteiger partial charge >= 0.3 is 0 Å². The molecule has 140 valence electrons. The van der Waals surface area contributed by atoms with E-state index in [4.69, 9.17) is 0 Å². The van der Waals surface area contributed by atoms with Crippen molar-refractivity contribution in [3.8, 4) is 0 Å². The summed E-state index contributed by atoms with van der Waals surface area (Å²) in [4.78, 5) is 37.6. The quantitative estimate of drug-likeness (QED) is 0.891. The highest BCUT2D eigenvalue weighted by Crippen LogP contribution is 2.42. The number of nitrogens with one attached hydrogen (secondary N) is 1. The molecule has 4 rings (SSSR count). The number of carbonyl (C=O) groups is 2. The first-order valence-corrected chi connectivity index (χ1v) is 9.75. The highest BCUT2D eigenvalue weighted by molar-refractivity contribution is 5.93. The Balaban J connectivity index is 1.45. The van der Waals surface area contributed by atoms with Crippen LogP contribution in [0.3, 0.4) is 0 Å². The molecule has 1 N–H and O–H groups in total. The number of likely N-dealkylation sites (tertiary alicyclic amines) is 2. The average Bonchev–Trinajstić information content (AvgIpc) is 3.50. The van der Waals surface area contributed by atoms with Crippen molar-refractivity contribution < 1.29 is 9.59 Å². The summed E-state index contributed by atoms with van der Waals surface area (Å²) in [5.41, 5.74) is 0.601. The van der Waals surface area contributed by atoms with Crippen molar-refractivity contribution in [1.82, 2.24) is 19.8 Å². The summed E-state index contributed by atoms with van der Waals surface area (Å²) in [5, 5.41) is 3.04. The first-order valence-electron chi connectivity index (χ1n) is 9.75. The molecule has 2 aliphatic heterocycles. The van der Waals surface area contributed by atoms with Crippen molar-refractivity contribution in [2.75, 3.05) is 31.5 Å². The van der Waals surface area contributed by atoms with Crippen molar-refractivity contribution in [1.29, 1.82) is 0 Å². The third-order valence-corrected chi connectivity index (χ3v) is 5.87. The number of aromatic nitrogens is 2. The van der Waals surface area contributed by atoms with Gasteiger partial charge in [0.25, 0.3) is 5.91 Å². The number of amides is 2. The van der Waals surface area contributed by atoms with Crippen molar-refractivity contribution in [2.45, 2.75) is 51.5 Å². The van der Waals surface area contributed by atoms with Gasteiger partial charge in [0.05, 0.1) is 5.56 Å². The largest absolute Gasteiger partial charge is 0.355 e. The van der Waals surface area contributed by atoms with E-state index in [-0.39, 0.29) is 11.3 Å². The zero-order valence-corrected chi connectivity index (χ0v) is 15.4. The van der Waals surface area contributed by atoms with Gasteiger partial charge in [-0.3, -0.25) is 9.59 Å². The normalized spacial score (nSPS) is 26.3. The zero-order chi connectivity index (χ0) is 18.1. The first kappa shape index (κ1) is 17.2. The highest BCUT2D eigenvalue weighted by atomic mass is 16.2. The molecule has 3 heterocycles. The molecule has 7 nitrogen and oxygen atoms in total. The number of anilines is 1. The summed E-state index contributed by atoms with van der Waals surface area (Å²) in [5.74, 6) is 0.848. The van der Waals surface area contributed by atoms with Gasteiger partial charge in [0.2, 0.25) is 11.9 Å². The van der Waals surface area contributed by atoms with E-state index in [1.165, 1.54) is 0 Å². The summed E-state index contributed by atoms with van der Waals surface area (Å²) < 4.78 is 0. The smallest absolute Gasteiger partial charge is 0.257 e. The monoisotopic (exact) mass is 357 g/mol. The lowest BCUT2D eigenvalue weighted by atomic mass is 9.73. The number of hydrogen-bond acceptors (Lipinski definition) is 5. The van der Waals surface area contributed by atoms with Gasteiger partial charge in [-0.2, -0.15) is 0 Å². The third-order valence-electron chi connectivity index (χ3n) is 5.87. The summed E-state index contributed by atoms with van der Waals surface area (Å²) in [6.45, 7) is 5.05. The maximum Gasteiger partial charge on any atom is 0.257 e. The molecule has 1 spiro atoms. The summed E-state index contributed by atoms with van der Waals surface area (Å²) in [6.07, 6.45) is 9.11. The second kappa shape index (κ2) is 6.85. The van der Waals surface area contributed by atoms with Gasteiger partial charge in [-0.05, 0) is 39.0 Å². The minimum Gasteiger partial charge on any atom is -0.355 e. The van der Waals surface area contributed by atoms with E-state index < -0.39 is 0 Å². The van der Waals surface area contributed by atoms with Gasteiger partial charge in [0, 0.05) is 56.5 Å². The topological polar surface area (TPSA) is 78.4 Å². The molecule has 1 aliphatic carbocycles. The van der Waals surface area contributed by atoms with E-state index in [1.807, 2.05) is 11.8 Å². The van der Waals surface area contributed by atoms with Gasteiger partial charge in [0.1, 0.15) is 0 Å². The molecule has 0 bridgehead atoms. The SMILES string of the molecule is CCNc1ncc(C(=O)N2CCC[C@@]3(CCC(=O)N(C4CC4)C3)C2)cn1. The van der Waals surface area contributed by atoms with Crippen molar-refractivity contribution in [3.05, 3.63) is 18.0 Å². The van der Waals surface area contributed by atoms with E-state index in [0.717, 1.165) is 58.3 Å². The van der Waals surface area contributed by atoms with Crippen LogP contribution in [0.5, 0.6) is 0 Å². The number of rotatable bonds is 4. The Morgan fingerprint density at radius 3 is 2.73 bits per heavy atom. The van der Waals surface area contributed by atoms with Crippen LogP contribution < -0.4 is 5.32 Å². The predicted octanol–water partition coefficient (Wildman–Crippen LogP) is 1.92. The molecule has 2 amide bonds. The maximum absolute atomic E-state index is 12.9. The molecular formula is C19H27N5O2. The Morgan fingerprint density at radius 1 is 1.27 bits per heavy atom. The van der Waals surface area contributed by atoms with Crippen LogP contribution >= 0.6 is 0 Å². The van der Waals surface area contributed by atoms with E-state index >= 15 is 0 Å². The molecule has 1 atom stereocenters. The van der Waals surface area contributed by atoms with Gasteiger partial charge in [-0.25, -0.2) is 9.97 Å². The zero-order valence-electron chi connectivity index (χ0n) is 15.4. The van der Waals surface area contributed by atoms with Crippen LogP contribution in [0.15, 0.2) is 12.4 Å². The number of nitrogens with zero attached hydrogens (tertiary/aromatic N) is 4. The fraction of sp³-hybridized carbons (Fsp3) is 0.684. The molecule has 3 fully saturated rings. The first-order chi connectivity index (χ1) is 12.6. The van der Waals surface area contributed by atoms with Crippen LogP contribution in [0.25, 0.3) is 0 Å². The molecule has 0 unspecified atom stereocenters. The lowest BCUT2D eigenvalue weighted by Crippen LogP contribution is -2.55. The van der Waals surface area contributed by atoms with Gasteiger partial charge in [0.15, 0.2) is 0 Å². The Bertz CT molecular complexity index is 688. The minimum atomic E-state index is 0.00185. The van der Waals surface area contributed by atoms with E-state index in [2.05, 4.69) is 20.2 Å². The predicted molar refractivity (Wildman–Crippen MR) is 97.7 cm³/mol. The molecule has 1 aromatic rings. The molecule has 0 radical (unpaired) electrons. The second-order valence-electron chi connectivity index (χ2n) is 7.91. The van der Waals surface area contributed by atoms with E-state index in [1.54, 1.807) is 12.4 Å². The lowest BCUT2D eigenvalue weighted by Gasteiger charge is -2.48. The van der Waals surface area contributed by atoms with Crippen LogP contribution in [0.1, 0.15) is 55.8 Å². The van der Waals surface area contributed by atoms with E-state index in [9.17, 15) is 9.59 Å². The van der Waals surface area contributed by atoms with Crippen LogP contribution in [-0.2, 0) is 4.79 Å². The summed E-state index contributed by atoms with van der Waals surface area (Å²) in [6, 6.07) is 0.456. The fourth-order valence-electron chi connectivity index (χ4n) is 4.35. The Labute approximate surface area is 154 Å². The minimum absolute atomic E-state index is 0.00185. The molecular weight excluding hydrogens is 330 g/mol. The standard InChI is InChI=1S/C19H27N5O2/c1-2-20-18-21-10-14(11-22-18)17(26)23-9-3-7-19(12-23)8-6-16(25)24(13-19)15-4-5-15/h10-11,15H,2-9,12-13H2,1H3,(H,20,21,22)/t19-/m1/s1. The molecule has 26 heavy (non-hydrogen) atoms. The van der Waals surface area contributed by atoms with Crippen molar-refractivity contribution in [3.63, 3.8) is 0 Å². The van der Waals surface area contributed by atoms with Crippen LogP contribution in [-0.4, -0.2) is 63.8 Å². The van der Waals surface area contributed by atoms with Crippen LogP contribution in [0.2, 0.25) is 0 Å². The van der Waals surface area contributed by atoms with Crippen LogP contribution in [0.4, 0.5) is 5.95 Å². The number of piperidine rings is 2. The molecule has 1 aromatic heterocycles. The number of hydrogen-bond donors (Lipinski definition) is 1.